The molecule has 1 rings (SSSR count). The van der Waals surface area contributed by atoms with E-state index in [1.807, 2.05) is 0 Å². The third-order valence-corrected chi connectivity index (χ3v) is 1.94. The number of ether oxygens (including phenoxy) is 2. The Morgan fingerprint density at radius 2 is 2.58 bits per heavy atom. The van der Waals surface area contributed by atoms with Crippen molar-refractivity contribution in [3.05, 3.63) is 0 Å². The number of hydrogen-bond acceptors (Lipinski definition) is 4. The van der Waals surface area contributed by atoms with Gasteiger partial charge < -0.3 is 14.6 Å². The fourth-order valence-corrected chi connectivity index (χ4v) is 1.22. The van der Waals surface area contributed by atoms with Gasteiger partial charge in [-0.15, -0.1) is 0 Å². The number of aliphatic hydroxyl groups is 1. The highest BCUT2D eigenvalue weighted by molar-refractivity contribution is 5.74. The summed E-state index contributed by atoms with van der Waals surface area (Å²) in [6.07, 6.45) is -0.271. The van der Waals surface area contributed by atoms with Crippen molar-refractivity contribution < 1.29 is 19.4 Å². The third-order valence-electron chi connectivity index (χ3n) is 1.94. The van der Waals surface area contributed by atoms with Crippen LogP contribution in [-0.2, 0) is 14.3 Å². The molecule has 0 aromatic heterocycles. The van der Waals surface area contributed by atoms with E-state index in [1.54, 1.807) is 6.92 Å². The number of hydrogen-bond donors (Lipinski definition) is 1. The van der Waals surface area contributed by atoms with Gasteiger partial charge in [-0.2, -0.15) is 0 Å². The van der Waals surface area contributed by atoms with E-state index >= 15 is 0 Å². The van der Waals surface area contributed by atoms with Gasteiger partial charge >= 0.3 is 5.97 Å². The Morgan fingerprint density at radius 1 is 1.83 bits per heavy atom. The normalized spacial score (nSPS) is 25.3. The molecule has 0 amide bonds. The summed E-state index contributed by atoms with van der Waals surface area (Å²) in [7, 11) is 0. The van der Waals surface area contributed by atoms with E-state index in [0.717, 1.165) is 6.42 Å². The van der Waals surface area contributed by atoms with Crippen LogP contribution in [0, 0.1) is 5.92 Å². The van der Waals surface area contributed by atoms with Gasteiger partial charge in [0.25, 0.3) is 0 Å². The zero-order chi connectivity index (χ0) is 8.97. The molecule has 1 aliphatic rings. The molecule has 0 saturated carbocycles. The van der Waals surface area contributed by atoms with Crippen LogP contribution in [-0.4, -0.2) is 37.0 Å². The van der Waals surface area contributed by atoms with Crippen LogP contribution in [0.2, 0.25) is 0 Å². The molecule has 2 atom stereocenters. The van der Waals surface area contributed by atoms with Gasteiger partial charge in [0, 0.05) is 12.5 Å². The van der Waals surface area contributed by atoms with E-state index in [4.69, 9.17) is 4.74 Å². The number of esters is 1. The molecule has 4 nitrogen and oxygen atoms in total. The Morgan fingerprint density at radius 3 is 3.08 bits per heavy atom. The molecular weight excluding hydrogens is 160 g/mol. The van der Waals surface area contributed by atoms with Gasteiger partial charge in [-0.05, 0) is 13.3 Å². The van der Waals surface area contributed by atoms with Gasteiger partial charge in [0.1, 0.15) is 0 Å². The van der Waals surface area contributed by atoms with Gasteiger partial charge in [-0.1, -0.05) is 0 Å². The SMILES string of the molecule is CCOC(=O)[C@@H](O)[C@H]1CCOC1. The second-order valence-corrected chi connectivity index (χ2v) is 2.82. The Hall–Kier alpha value is -0.610. The molecule has 70 valence electrons. The molecule has 0 aromatic rings. The monoisotopic (exact) mass is 174 g/mol. The zero-order valence-corrected chi connectivity index (χ0v) is 7.16. The molecule has 4 heteroatoms. The summed E-state index contributed by atoms with van der Waals surface area (Å²) in [5, 5.41) is 9.39. The van der Waals surface area contributed by atoms with Crippen molar-refractivity contribution in [2.75, 3.05) is 19.8 Å². The summed E-state index contributed by atoms with van der Waals surface area (Å²) >= 11 is 0. The number of rotatable bonds is 3. The molecule has 0 aromatic carbocycles. The summed E-state index contributed by atoms with van der Waals surface area (Å²) in [4.78, 5) is 11.0. The average molecular weight is 174 g/mol. The average Bonchev–Trinajstić information content (AvgIpc) is 2.55. The molecular formula is C8H14O4. The topological polar surface area (TPSA) is 55.8 Å². The lowest BCUT2D eigenvalue weighted by Crippen LogP contribution is -2.31. The Balaban J connectivity index is 2.34. The smallest absolute Gasteiger partial charge is 0.335 e. The molecule has 1 heterocycles. The first-order chi connectivity index (χ1) is 5.75. The maximum atomic E-state index is 11.0. The second kappa shape index (κ2) is 4.42. The van der Waals surface area contributed by atoms with Gasteiger partial charge in [-0.3, -0.25) is 0 Å². The molecule has 1 fully saturated rings. The highest BCUT2D eigenvalue weighted by atomic mass is 16.5. The summed E-state index contributed by atoms with van der Waals surface area (Å²) in [5.41, 5.74) is 0. The Bertz CT molecular complexity index is 151. The van der Waals surface area contributed by atoms with E-state index in [-0.39, 0.29) is 5.92 Å². The molecule has 0 unspecified atom stereocenters. The lowest BCUT2D eigenvalue weighted by molar-refractivity contribution is -0.156. The van der Waals surface area contributed by atoms with E-state index < -0.39 is 12.1 Å². The van der Waals surface area contributed by atoms with Crippen LogP contribution in [0.5, 0.6) is 0 Å². The molecule has 12 heavy (non-hydrogen) atoms. The molecule has 0 radical (unpaired) electrons. The second-order valence-electron chi connectivity index (χ2n) is 2.82. The van der Waals surface area contributed by atoms with Crippen LogP contribution in [0.4, 0.5) is 0 Å². The first kappa shape index (κ1) is 9.48. The minimum atomic E-state index is -1.01. The van der Waals surface area contributed by atoms with Crippen molar-refractivity contribution in [2.45, 2.75) is 19.4 Å². The lowest BCUT2D eigenvalue weighted by Gasteiger charge is -2.13. The van der Waals surface area contributed by atoms with E-state index in [1.165, 1.54) is 0 Å². The first-order valence-electron chi connectivity index (χ1n) is 4.18. The molecule has 0 bridgehead atoms. The van der Waals surface area contributed by atoms with E-state index in [9.17, 15) is 9.90 Å². The van der Waals surface area contributed by atoms with Crippen LogP contribution in [0.15, 0.2) is 0 Å². The molecule has 1 N–H and O–H groups in total. The first-order valence-corrected chi connectivity index (χ1v) is 4.18. The maximum Gasteiger partial charge on any atom is 0.335 e. The molecule has 1 aliphatic heterocycles. The fourth-order valence-electron chi connectivity index (χ4n) is 1.22. The molecule has 0 spiro atoms. The van der Waals surface area contributed by atoms with Crippen LogP contribution < -0.4 is 0 Å². The van der Waals surface area contributed by atoms with Crippen molar-refractivity contribution >= 4 is 5.97 Å². The minimum absolute atomic E-state index is 0.0796. The van der Waals surface area contributed by atoms with Crippen LogP contribution in [0.1, 0.15) is 13.3 Å². The number of carbonyl (C=O) groups is 1. The van der Waals surface area contributed by atoms with Crippen LogP contribution in [0.3, 0.4) is 0 Å². The highest BCUT2D eigenvalue weighted by Gasteiger charge is 2.30. The minimum Gasteiger partial charge on any atom is -0.464 e. The van der Waals surface area contributed by atoms with Gasteiger partial charge in [0.2, 0.25) is 0 Å². The van der Waals surface area contributed by atoms with Gasteiger partial charge in [-0.25, -0.2) is 4.79 Å². The number of aliphatic hydroxyl groups excluding tert-OH is 1. The molecule has 0 aliphatic carbocycles. The van der Waals surface area contributed by atoms with Gasteiger partial charge in [0.15, 0.2) is 6.10 Å². The Kier molecular flexibility index (Phi) is 3.49. The molecule has 1 saturated heterocycles. The van der Waals surface area contributed by atoms with Crippen molar-refractivity contribution in [1.29, 1.82) is 0 Å². The van der Waals surface area contributed by atoms with E-state index in [0.29, 0.717) is 19.8 Å². The van der Waals surface area contributed by atoms with Crippen LogP contribution >= 0.6 is 0 Å². The highest BCUT2D eigenvalue weighted by Crippen LogP contribution is 2.17. The standard InChI is InChI=1S/C8H14O4/c1-2-12-8(10)7(9)6-3-4-11-5-6/h6-7,9H,2-5H2,1H3/t6-,7-/m0/s1. The van der Waals surface area contributed by atoms with Crippen molar-refractivity contribution in [3.8, 4) is 0 Å². The lowest BCUT2D eigenvalue weighted by atomic mass is 10.0. The number of carbonyl (C=O) groups excluding carboxylic acids is 1. The third kappa shape index (κ3) is 2.19. The van der Waals surface area contributed by atoms with Crippen LogP contribution in [0.25, 0.3) is 0 Å². The summed E-state index contributed by atoms with van der Waals surface area (Å²) < 4.78 is 9.71. The van der Waals surface area contributed by atoms with Crippen molar-refractivity contribution in [2.24, 2.45) is 5.92 Å². The Labute approximate surface area is 71.5 Å². The summed E-state index contributed by atoms with van der Waals surface area (Å²) in [6.45, 7) is 3.11. The largest absolute Gasteiger partial charge is 0.464 e. The zero-order valence-electron chi connectivity index (χ0n) is 7.16. The predicted octanol–water partition coefficient (Wildman–Crippen LogP) is -0.0531. The van der Waals surface area contributed by atoms with Crippen molar-refractivity contribution in [3.63, 3.8) is 0 Å². The summed E-state index contributed by atoms with van der Waals surface area (Å²) in [5.74, 6) is -0.614. The predicted molar refractivity (Wildman–Crippen MR) is 41.6 cm³/mol. The summed E-state index contributed by atoms with van der Waals surface area (Å²) in [6, 6.07) is 0. The van der Waals surface area contributed by atoms with Crippen molar-refractivity contribution in [1.82, 2.24) is 0 Å². The maximum absolute atomic E-state index is 11.0. The quantitative estimate of drug-likeness (QED) is 0.609. The van der Waals surface area contributed by atoms with E-state index in [2.05, 4.69) is 4.74 Å². The van der Waals surface area contributed by atoms with Gasteiger partial charge in [0.05, 0.1) is 13.2 Å². The fraction of sp³-hybridized carbons (Fsp3) is 0.875.